The summed E-state index contributed by atoms with van der Waals surface area (Å²) in [4.78, 5) is 0. The molecule has 0 fully saturated rings. The summed E-state index contributed by atoms with van der Waals surface area (Å²) in [6, 6.07) is 0. The first kappa shape index (κ1) is 13.5. The Balaban J connectivity index is 0.00000169. The van der Waals surface area contributed by atoms with Gasteiger partial charge < -0.3 is 5.32 Å². The van der Waals surface area contributed by atoms with E-state index in [0.717, 1.165) is 31.7 Å². The number of halogens is 1. The number of nitrogens with one attached hydrogen (secondary N) is 1. The van der Waals surface area contributed by atoms with Crippen LogP contribution in [0.4, 0.5) is 0 Å². The van der Waals surface area contributed by atoms with Crippen LogP contribution in [0.5, 0.6) is 0 Å². The molecule has 1 rings (SSSR count). The molecule has 0 atom stereocenters. The lowest BCUT2D eigenvalue weighted by molar-refractivity contribution is 0.597. The van der Waals surface area contributed by atoms with Crippen LogP contribution in [0, 0.1) is 6.92 Å². The summed E-state index contributed by atoms with van der Waals surface area (Å²) in [6.45, 7) is 9.32. The van der Waals surface area contributed by atoms with Gasteiger partial charge in [0.25, 0.3) is 0 Å². The van der Waals surface area contributed by atoms with Crippen LogP contribution in [-0.2, 0) is 13.1 Å². The summed E-state index contributed by atoms with van der Waals surface area (Å²) >= 11 is 0. The molecule has 0 aliphatic carbocycles. The van der Waals surface area contributed by atoms with Crippen molar-refractivity contribution in [3.05, 3.63) is 17.5 Å². The zero-order valence-corrected chi connectivity index (χ0v) is 10.0. The van der Waals surface area contributed by atoms with Crippen LogP contribution < -0.4 is 5.32 Å². The Kier molecular flexibility index (Phi) is 6.58. The monoisotopic (exact) mass is 217 g/mol. The van der Waals surface area contributed by atoms with Crippen LogP contribution in [0.1, 0.15) is 31.5 Å². The summed E-state index contributed by atoms with van der Waals surface area (Å²) in [7, 11) is 0. The molecule has 0 bridgehead atoms. The van der Waals surface area contributed by atoms with E-state index in [2.05, 4.69) is 37.4 Å². The van der Waals surface area contributed by atoms with Crippen LogP contribution in [0.25, 0.3) is 0 Å². The third-order valence-electron chi connectivity index (χ3n) is 2.07. The third kappa shape index (κ3) is 3.68. The minimum atomic E-state index is 0. The zero-order valence-electron chi connectivity index (χ0n) is 9.21. The van der Waals surface area contributed by atoms with Gasteiger partial charge in [-0.05, 0) is 19.9 Å². The fraction of sp³-hybridized carbons (Fsp3) is 0.700. The van der Waals surface area contributed by atoms with Gasteiger partial charge >= 0.3 is 0 Å². The molecule has 1 aromatic heterocycles. The van der Waals surface area contributed by atoms with Crippen molar-refractivity contribution in [2.45, 2.75) is 40.3 Å². The van der Waals surface area contributed by atoms with Gasteiger partial charge in [-0.25, -0.2) is 0 Å². The zero-order chi connectivity index (χ0) is 9.68. The molecular formula is C10H20ClN3. The lowest BCUT2D eigenvalue weighted by atomic mass is 10.2. The molecule has 1 aromatic rings. The average Bonchev–Trinajstić information content (AvgIpc) is 2.44. The first-order valence-corrected chi connectivity index (χ1v) is 5.01. The van der Waals surface area contributed by atoms with E-state index in [1.165, 1.54) is 5.56 Å². The molecular weight excluding hydrogens is 198 g/mol. The van der Waals surface area contributed by atoms with Gasteiger partial charge in [0.2, 0.25) is 0 Å². The predicted octanol–water partition coefficient (Wildman–Crippen LogP) is 2.13. The van der Waals surface area contributed by atoms with E-state index in [1.807, 2.05) is 4.68 Å². The van der Waals surface area contributed by atoms with Gasteiger partial charge in [0, 0.05) is 24.8 Å². The van der Waals surface area contributed by atoms with Crippen molar-refractivity contribution in [2.24, 2.45) is 0 Å². The van der Waals surface area contributed by atoms with E-state index in [4.69, 9.17) is 0 Å². The highest BCUT2D eigenvalue weighted by atomic mass is 35.5. The van der Waals surface area contributed by atoms with Crippen LogP contribution >= 0.6 is 12.4 Å². The molecule has 0 unspecified atom stereocenters. The molecule has 0 saturated carbocycles. The average molecular weight is 218 g/mol. The van der Waals surface area contributed by atoms with E-state index in [-0.39, 0.29) is 12.4 Å². The van der Waals surface area contributed by atoms with Crippen molar-refractivity contribution in [3.63, 3.8) is 0 Å². The lowest BCUT2D eigenvalue weighted by Gasteiger charge is -1.97. The number of hydrogen-bond acceptors (Lipinski definition) is 2. The smallest absolute Gasteiger partial charge is 0.0638 e. The molecule has 3 nitrogen and oxygen atoms in total. The van der Waals surface area contributed by atoms with Gasteiger partial charge in [0.1, 0.15) is 0 Å². The van der Waals surface area contributed by atoms with Crippen molar-refractivity contribution in [1.29, 1.82) is 0 Å². The van der Waals surface area contributed by atoms with Crippen LogP contribution in [0.2, 0.25) is 0 Å². The minimum absolute atomic E-state index is 0. The van der Waals surface area contributed by atoms with Gasteiger partial charge in [-0.2, -0.15) is 5.10 Å². The van der Waals surface area contributed by atoms with Gasteiger partial charge in [0.05, 0.1) is 5.69 Å². The Morgan fingerprint density at radius 2 is 2.14 bits per heavy atom. The maximum atomic E-state index is 4.43. The predicted molar refractivity (Wildman–Crippen MR) is 61.9 cm³/mol. The van der Waals surface area contributed by atoms with E-state index < -0.39 is 0 Å². The minimum Gasteiger partial charge on any atom is -0.313 e. The van der Waals surface area contributed by atoms with Gasteiger partial charge in [0.15, 0.2) is 0 Å². The largest absolute Gasteiger partial charge is 0.313 e. The number of nitrogens with zero attached hydrogens (tertiary/aromatic N) is 2. The van der Waals surface area contributed by atoms with Crippen LogP contribution in [0.3, 0.4) is 0 Å². The maximum absolute atomic E-state index is 4.43. The van der Waals surface area contributed by atoms with Crippen molar-refractivity contribution in [2.75, 3.05) is 6.54 Å². The van der Waals surface area contributed by atoms with Gasteiger partial charge in [-0.1, -0.05) is 13.8 Å². The van der Waals surface area contributed by atoms with Crippen molar-refractivity contribution in [1.82, 2.24) is 15.1 Å². The molecule has 1 N–H and O–H groups in total. The van der Waals surface area contributed by atoms with Gasteiger partial charge in [-0.3, -0.25) is 4.68 Å². The second-order valence-corrected chi connectivity index (χ2v) is 3.28. The quantitative estimate of drug-likeness (QED) is 0.819. The summed E-state index contributed by atoms with van der Waals surface area (Å²) in [6.07, 6.45) is 3.28. The molecule has 14 heavy (non-hydrogen) atoms. The number of rotatable bonds is 5. The molecule has 0 aliphatic heterocycles. The normalized spacial score (nSPS) is 9.93. The van der Waals surface area contributed by atoms with E-state index in [0.29, 0.717) is 0 Å². The SMILES string of the molecule is CCCn1cc(CNCC)c(C)n1.Cl. The van der Waals surface area contributed by atoms with Crippen molar-refractivity contribution >= 4 is 12.4 Å². The topological polar surface area (TPSA) is 29.9 Å². The second kappa shape index (κ2) is 6.85. The highest BCUT2D eigenvalue weighted by Gasteiger charge is 2.02. The molecule has 82 valence electrons. The van der Waals surface area contributed by atoms with Crippen LogP contribution in [0.15, 0.2) is 6.20 Å². The van der Waals surface area contributed by atoms with E-state index in [9.17, 15) is 0 Å². The van der Waals surface area contributed by atoms with Crippen molar-refractivity contribution in [3.8, 4) is 0 Å². The molecule has 0 saturated heterocycles. The van der Waals surface area contributed by atoms with Crippen molar-refractivity contribution < 1.29 is 0 Å². The third-order valence-corrected chi connectivity index (χ3v) is 2.07. The number of aromatic nitrogens is 2. The maximum Gasteiger partial charge on any atom is 0.0638 e. The first-order valence-electron chi connectivity index (χ1n) is 5.01. The second-order valence-electron chi connectivity index (χ2n) is 3.28. The Hall–Kier alpha value is -0.540. The highest BCUT2D eigenvalue weighted by molar-refractivity contribution is 5.85. The molecule has 0 radical (unpaired) electrons. The first-order chi connectivity index (χ1) is 6.27. The summed E-state index contributed by atoms with van der Waals surface area (Å²) in [5.74, 6) is 0. The Morgan fingerprint density at radius 3 is 2.71 bits per heavy atom. The molecule has 0 aromatic carbocycles. The molecule has 0 spiro atoms. The molecule has 0 aliphatic rings. The Morgan fingerprint density at radius 1 is 1.43 bits per heavy atom. The molecule has 0 amide bonds. The number of aryl methyl sites for hydroxylation is 2. The molecule has 4 heteroatoms. The summed E-state index contributed by atoms with van der Waals surface area (Å²) in [5.41, 5.74) is 2.46. The Labute approximate surface area is 92.3 Å². The van der Waals surface area contributed by atoms with E-state index >= 15 is 0 Å². The summed E-state index contributed by atoms with van der Waals surface area (Å²) < 4.78 is 2.03. The molecule has 1 heterocycles. The number of hydrogen-bond donors (Lipinski definition) is 1. The fourth-order valence-corrected chi connectivity index (χ4v) is 1.34. The van der Waals surface area contributed by atoms with Gasteiger partial charge in [-0.15, -0.1) is 12.4 Å². The fourth-order valence-electron chi connectivity index (χ4n) is 1.34. The lowest BCUT2D eigenvalue weighted by Crippen LogP contribution is -2.11. The highest BCUT2D eigenvalue weighted by Crippen LogP contribution is 2.05. The van der Waals surface area contributed by atoms with Crippen LogP contribution in [-0.4, -0.2) is 16.3 Å². The standard InChI is InChI=1S/C10H19N3.ClH/c1-4-6-13-8-10(7-11-5-2)9(3)12-13;/h8,11H,4-7H2,1-3H3;1H. The Bertz CT molecular complexity index is 258. The van der Waals surface area contributed by atoms with E-state index in [1.54, 1.807) is 0 Å². The summed E-state index contributed by atoms with van der Waals surface area (Å²) in [5, 5.41) is 7.74.